The number of fused-ring (bicyclic) bond motifs is 1. The quantitative estimate of drug-likeness (QED) is 0.280. The summed E-state index contributed by atoms with van der Waals surface area (Å²) in [6.45, 7) is -0.405. The number of halogens is 1. The van der Waals surface area contributed by atoms with Crippen LogP contribution in [-0.2, 0) is 4.79 Å². The minimum absolute atomic E-state index is 0.0716. The number of rotatable bonds is 7. The molecule has 1 amide bonds. The number of carbonyl (C=O) groups is 1. The lowest BCUT2D eigenvalue weighted by molar-refractivity contribution is -0.384. The van der Waals surface area contributed by atoms with Crippen molar-refractivity contribution >= 4 is 44.6 Å². The third-order valence-corrected chi connectivity index (χ3v) is 6.18. The Balaban J connectivity index is 1.84. The fraction of sp³-hybridized carbons (Fsp3) is 0.304. The number of benzene rings is 2. The van der Waals surface area contributed by atoms with Gasteiger partial charge in [0, 0.05) is 28.1 Å². The second-order valence-electron chi connectivity index (χ2n) is 8.06. The zero-order chi connectivity index (χ0) is 24.2. The van der Waals surface area contributed by atoms with Crippen LogP contribution in [0.3, 0.4) is 0 Å². The Hall–Kier alpha value is -3.60. The molecule has 0 spiro atoms. The third-order valence-electron chi connectivity index (χ3n) is 5.69. The summed E-state index contributed by atoms with van der Waals surface area (Å²) in [5.74, 6) is 0.112. The Morgan fingerprint density at radius 2 is 2.03 bits per heavy atom. The monoisotopic (exact) mass is 527 g/mol. The summed E-state index contributed by atoms with van der Waals surface area (Å²) in [4.78, 5) is 40.1. The lowest BCUT2D eigenvalue weighted by Gasteiger charge is -2.22. The first-order valence-corrected chi connectivity index (χ1v) is 11.6. The highest BCUT2D eigenvalue weighted by Gasteiger charge is 2.23. The average Bonchev–Trinajstić information content (AvgIpc) is 2.83. The molecule has 0 bridgehead atoms. The van der Waals surface area contributed by atoms with Gasteiger partial charge < -0.3 is 10.5 Å². The zero-order valence-corrected chi connectivity index (χ0v) is 19.7. The van der Waals surface area contributed by atoms with Crippen molar-refractivity contribution in [3.8, 4) is 5.75 Å². The van der Waals surface area contributed by atoms with E-state index in [1.54, 1.807) is 12.1 Å². The van der Waals surface area contributed by atoms with Crippen LogP contribution in [0.15, 0.2) is 50.8 Å². The van der Waals surface area contributed by atoms with Crippen molar-refractivity contribution in [2.45, 2.75) is 38.0 Å². The standard InChI is InChI=1S/C23H22BrN5O5/c24-16-6-8-19-18(11-16)23(31)28(22(27-19)14-4-2-1-3-5-14)26-12-15-10-17(29(32)33)7-9-20(15)34-13-21(25)30/h6-12,14H,1-5,13H2,(H2,25,30). The number of nitro groups is 1. The Labute approximate surface area is 202 Å². The number of nitrogens with two attached hydrogens (primary N) is 1. The number of primary amides is 1. The number of amides is 1. The van der Waals surface area contributed by atoms with E-state index in [1.807, 2.05) is 6.07 Å². The van der Waals surface area contributed by atoms with Crippen molar-refractivity contribution in [3.05, 3.63) is 72.7 Å². The lowest BCUT2D eigenvalue weighted by atomic mass is 9.88. The molecule has 0 aliphatic heterocycles. The van der Waals surface area contributed by atoms with Crippen molar-refractivity contribution in [1.29, 1.82) is 0 Å². The van der Waals surface area contributed by atoms with Crippen LogP contribution in [0, 0.1) is 10.1 Å². The summed E-state index contributed by atoms with van der Waals surface area (Å²) in [5, 5.41) is 16.1. The normalized spacial score (nSPS) is 14.5. The predicted molar refractivity (Wildman–Crippen MR) is 130 cm³/mol. The molecule has 2 aromatic carbocycles. The van der Waals surface area contributed by atoms with Gasteiger partial charge in [0.15, 0.2) is 6.61 Å². The molecule has 0 unspecified atom stereocenters. The maximum absolute atomic E-state index is 13.4. The van der Waals surface area contributed by atoms with E-state index in [2.05, 4.69) is 21.0 Å². The highest BCUT2D eigenvalue weighted by atomic mass is 79.9. The first-order chi connectivity index (χ1) is 16.3. The van der Waals surface area contributed by atoms with E-state index < -0.39 is 17.4 Å². The molecule has 10 nitrogen and oxygen atoms in total. The molecule has 1 aliphatic rings. The van der Waals surface area contributed by atoms with Gasteiger partial charge in [-0.05, 0) is 37.1 Å². The molecule has 1 aromatic heterocycles. The Bertz CT molecular complexity index is 1350. The van der Waals surface area contributed by atoms with Crippen LogP contribution in [0.4, 0.5) is 5.69 Å². The number of non-ortho nitro benzene ring substituents is 1. The van der Waals surface area contributed by atoms with Crippen LogP contribution in [0.1, 0.15) is 49.4 Å². The topological polar surface area (TPSA) is 143 Å². The van der Waals surface area contributed by atoms with E-state index in [0.717, 1.165) is 36.6 Å². The second kappa shape index (κ2) is 10.1. The van der Waals surface area contributed by atoms with Crippen molar-refractivity contribution in [2.24, 2.45) is 10.8 Å². The summed E-state index contributed by atoms with van der Waals surface area (Å²) in [6.07, 6.45) is 6.32. The molecule has 1 fully saturated rings. The van der Waals surface area contributed by atoms with Gasteiger partial charge >= 0.3 is 0 Å². The van der Waals surface area contributed by atoms with E-state index >= 15 is 0 Å². The molecule has 1 saturated carbocycles. The molecule has 1 aliphatic carbocycles. The zero-order valence-electron chi connectivity index (χ0n) is 18.1. The lowest BCUT2D eigenvalue weighted by Crippen LogP contribution is -2.25. The Morgan fingerprint density at radius 1 is 1.26 bits per heavy atom. The molecular formula is C23H22BrN5O5. The SMILES string of the molecule is NC(=O)COc1ccc([N+](=O)[O-])cc1C=Nn1c(C2CCCCC2)nc2ccc(Br)cc2c1=O. The second-order valence-corrected chi connectivity index (χ2v) is 8.98. The van der Waals surface area contributed by atoms with Crippen LogP contribution >= 0.6 is 15.9 Å². The number of hydrogen-bond donors (Lipinski definition) is 1. The number of carbonyl (C=O) groups excluding carboxylic acids is 1. The molecule has 3 aromatic rings. The van der Waals surface area contributed by atoms with Gasteiger partial charge in [-0.15, -0.1) is 0 Å². The molecule has 0 radical (unpaired) electrons. The number of ether oxygens (including phenoxy) is 1. The molecule has 0 saturated heterocycles. The van der Waals surface area contributed by atoms with E-state index in [0.29, 0.717) is 16.7 Å². The number of nitrogens with zero attached hydrogens (tertiary/aromatic N) is 4. The molecule has 0 atom stereocenters. The number of nitro benzene ring substituents is 1. The first kappa shape index (κ1) is 23.6. The van der Waals surface area contributed by atoms with Crippen LogP contribution < -0.4 is 16.0 Å². The van der Waals surface area contributed by atoms with Crippen molar-refractivity contribution in [2.75, 3.05) is 6.61 Å². The smallest absolute Gasteiger partial charge is 0.282 e. The molecule has 176 valence electrons. The maximum atomic E-state index is 13.4. The van der Waals surface area contributed by atoms with Gasteiger partial charge in [-0.3, -0.25) is 19.7 Å². The summed E-state index contributed by atoms with van der Waals surface area (Å²) < 4.78 is 7.39. The molecule has 4 rings (SSSR count). The Morgan fingerprint density at radius 3 is 2.74 bits per heavy atom. The Kier molecular flexibility index (Phi) is 7.01. The highest BCUT2D eigenvalue weighted by molar-refractivity contribution is 9.10. The summed E-state index contributed by atoms with van der Waals surface area (Å²) in [7, 11) is 0. The van der Waals surface area contributed by atoms with Gasteiger partial charge in [0.2, 0.25) is 0 Å². The van der Waals surface area contributed by atoms with Gasteiger partial charge in [0.05, 0.1) is 22.0 Å². The van der Waals surface area contributed by atoms with Gasteiger partial charge in [0.1, 0.15) is 11.6 Å². The van der Waals surface area contributed by atoms with Gasteiger partial charge in [0.25, 0.3) is 17.2 Å². The highest BCUT2D eigenvalue weighted by Crippen LogP contribution is 2.32. The van der Waals surface area contributed by atoms with Crippen molar-refractivity contribution in [1.82, 2.24) is 9.66 Å². The number of hydrogen-bond acceptors (Lipinski definition) is 7. The first-order valence-electron chi connectivity index (χ1n) is 10.8. The predicted octanol–water partition coefficient (Wildman–Crippen LogP) is 3.86. The van der Waals surface area contributed by atoms with Gasteiger partial charge in [-0.2, -0.15) is 9.78 Å². The van der Waals surface area contributed by atoms with E-state index in [1.165, 1.54) is 29.1 Å². The van der Waals surface area contributed by atoms with Crippen LogP contribution in [0.5, 0.6) is 5.75 Å². The van der Waals surface area contributed by atoms with Crippen molar-refractivity contribution < 1.29 is 14.5 Å². The summed E-state index contributed by atoms with van der Waals surface area (Å²) >= 11 is 3.39. The van der Waals surface area contributed by atoms with Gasteiger partial charge in [-0.1, -0.05) is 35.2 Å². The van der Waals surface area contributed by atoms with Gasteiger partial charge in [-0.25, -0.2) is 4.98 Å². The van der Waals surface area contributed by atoms with Crippen LogP contribution in [0.25, 0.3) is 10.9 Å². The fourth-order valence-corrected chi connectivity index (χ4v) is 4.41. The minimum atomic E-state index is -0.693. The van der Waals surface area contributed by atoms with E-state index in [4.69, 9.17) is 15.5 Å². The molecule has 34 heavy (non-hydrogen) atoms. The largest absolute Gasteiger partial charge is 0.483 e. The van der Waals surface area contributed by atoms with E-state index in [9.17, 15) is 19.7 Å². The van der Waals surface area contributed by atoms with Crippen molar-refractivity contribution in [3.63, 3.8) is 0 Å². The molecular weight excluding hydrogens is 506 g/mol. The maximum Gasteiger partial charge on any atom is 0.282 e. The third kappa shape index (κ3) is 5.14. The minimum Gasteiger partial charge on any atom is -0.483 e. The fourth-order valence-electron chi connectivity index (χ4n) is 4.05. The summed E-state index contributed by atoms with van der Waals surface area (Å²) in [5.41, 5.74) is 5.44. The molecule has 1 heterocycles. The molecule has 11 heteroatoms. The van der Waals surface area contributed by atoms with Crippen LogP contribution in [0.2, 0.25) is 0 Å². The summed E-state index contributed by atoms with van der Waals surface area (Å²) in [6, 6.07) is 9.19. The number of aromatic nitrogens is 2. The average molecular weight is 528 g/mol. The molecule has 2 N–H and O–H groups in total. The van der Waals surface area contributed by atoms with Crippen LogP contribution in [-0.4, -0.2) is 33.3 Å². The van der Waals surface area contributed by atoms with E-state index in [-0.39, 0.29) is 28.5 Å².